The van der Waals surface area contributed by atoms with E-state index in [4.69, 9.17) is 0 Å². The first-order valence-corrected chi connectivity index (χ1v) is 11.0. The Labute approximate surface area is 162 Å². The predicted molar refractivity (Wildman–Crippen MR) is 108 cm³/mol. The molecule has 4 aromatic rings. The lowest BCUT2D eigenvalue weighted by atomic mass is 10.1. The van der Waals surface area contributed by atoms with E-state index in [2.05, 4.69) is 26.4 Å². The monoisotopic (exact) mass is 397 g/mol. The molecule has 2 heterocycles. The number of thiophene rings is 1. The summed E-state index contributed by atoms with van der Waals surface area (Å²) < 4.78 is 30.0. The minimum Gasteiger partial charge on any atom is -0.327 e. The molecule has 7 heteroatoms. The molecular formula is C20H19N3O2S2. The average molecular weight is 398 g/mol. The quantitative estimate of drug-likeness (QED) is 0.516. The van der Waals surface area contributed by atoms with Gasteiger partial charge >= 0.3 is 0 Å². The molecule has 2 aromatic carbocycles. The number of nitrogens with zero attached hydrogens (tertiary/aromatic N) is 2. The molecule has 4 rings (SSSR count). The first-order chi connectivity index (χ1) is 13.1. The smallest absolute Gasteiger partial charge is 0.250 e. The molecule has 0 aliphatic carbocycles. The molecule has 0 fully saturated rings. The Morgan fingerprint density at radius 2 is 1.74 bits per heavy atom. The average Bonchev–Trinajstić information content (AvgIpc) is 3.34. The molecule has 5 nitrogen and oxygen atoms in total. The highest BCUT2D eigenvalue weighted by Crippen LogP contribution is 2.19. The summed E-state index contributed by atoms with van der Waals surface area (Å²) in [4.78, 5) is 4.65. The Bertz CT molecular complexity index is 1130. The summed E-state index contributed by atoms with van der Waals surface area (Å²) in [5, 5.41) is 1.75. The zero-order valence-electron chi connectivity index (χ0n) is 14.6. The van der Waals surface area contributed by atoms with Crippen molar-refractivity contribution in [1.82, 2.24) is 14.3 Å². The van der Waals surface area contributed by atoms with Crippen molar-refractivity contribution in [2.75, 3.05) is 0 Å². The topological polar surface area (TPSA) is 64.0 Å². The maximum absolute atomic E-state index is 12.4. The van der Waals surface area contributed by atoms with Gasteiger partial charge < -0.3 is 4.57 Å². The number of sulfonamides is 1. The highest BCUT2D eigenvalue weighted by Gasteiger charge is 2.17. The van der Waals surface area contributed by atoms with E-state index in [0.29, 0.717) is 10.0 Å². The van der Waals surface area contributed by atoms with Gasteiger partial charge in [-0.3, -0.25) is 0 Å². The van der Waals surface area contributed by atoms with Crippen LogP contribution in [0.4, 0.5) is 0 Å². The van der Waals surface area contributed by atoms with Crippen LogP contribution in [-0.4, -0.2) is 18.0 Å². The standard InChI is InChI=1S/C20H19N3O2S2/c24-27(25,20-11-6-14-26-20)21-15-19-22-17-9-4-5-10-18(17)23(19)13-12-16-7-2-1-3-8-16/h1-11,14,21H,12-13,15H2. The molecular weight excluding hydrogens is 378 g/mol. The minimum absolute atomic E-state index is 0.156. The molecule has 0 radical (unpaired) electrons. The molecule has 0 bridgehead atoms. The Hall–Kier alpha value is -2.48. The van der Waals surface area contributed by atoms with Crippen molar-refractivity contribution < 1.29 is 8.42 Å². The van der Waals surface area contributed by atoms with Crippen molar-refractivity contribution >= 4 is 32.4 Å². The van der Waals surface area contributed by atoms with E-state index in [1.807, 2.05) is 42.5 Å². The van der Waals surface area contributed by atoms with Crippen LogP contribution in [0, 0.1) is 0 Å². The van der Waals surface area contributed by atoms with E-state index in [0.717, 1.165) is 24.0 Å². The zero-order chi connectivity index (χ0) is 18.7. The van der Waals surface area contributed by atoms with Gasteiger partial charge in [0.05, 0.1) is 17.6 Å². The second-order valence-corrected chi connectivity index (χ2v) is 9.10. The van der Waals surface area contributed by atoms with Crippen LogP contribution >= 0.6 is 11.3 Å². The van der Waals surface area contributed by atoms with Crippen LogP contribution in [0.5, 0.6) is 0 Å². The zero-order valence-corrected chi connectivity index (χ0v) is 16.2. The summed E-state index contributed by atoms with van der Waals surface area (Å²) >= 11 is 1.20. The third-order valence-electron chi connectivity index (χ3n) is 4.38. The molecule has 0 saturated heterocycles. The molecule has 1 N–H and O–H groups in total. The number of fused-ring (bicyclic) bond motifs is 1. The van der Waals surface area contributed by atoms with Crippen LogP contribution in [0.2, 0.25) is 0 Å². The highest BCUT2D eigenvalue weighted by atomic mass is 32.2. The van der Waals surface area contributed by atoms with Gasteiger partial charge in [0.2, 0.25) is 10.0 Å². The maximum Gasteiger partial charge on any atom is 0.250 e. The Kier molecular flexibility index (Phi) is 5.07. The normalized spacial score (nSPS) is 11.9. The van der Waals surface area contributed by atoms with E-state index in [-0.39, 0.29) is 6.54 Å². The van der Waals surface area contributed by atoms with Crippen LogP contribution in [0.15, 0.2) is 76.3 Å². The SMILES string of the molecule is O=S(=O)(NCc1nc2ccccc2n1CCc1ccccc1)c1cccs1. The molecule has 2 aromatic heterocycles. The van der Waals surface area contributed by atoms with Gasteiger partial charge in [-0.25, -0.2) is 18.1 Å². The summed E-state index contributed by atoms with van der Waals surface area (Å²) in [7, 11) is -3.52. The van der Waals surface area contributed by atoms with E-state index < -0.39 is 10.0 Å². The minimum atomic E-state index is -3.52. The van der Waals surface area contributed by atoms with E-state index >= 15 is 0 Å². The fourth-order valence-corrected chi connectivity index (χ4v) is 5.06. The molecule has 0 aliphatic rings. The Morgan fingerprint density at radius 1 is 0.963 bits per heavy atom. The number of para-hydroxylation sites is 2. The number of hydrogen-bond donors (Lipinski definition) is 1. The van der Waals surface area contributed by atoms with Crippen LogP contribution < -0.4 is 4.72 Å². The van der Waals surface area contributed by atoms with E-state index in [1.165, 1.54) is 16.9 Å². The first-order valence-electron chi connectivity index (χ1n) is 8.65. The van der Waals surface area contributed by atoms with Crippen LogP contribution in [0.1, 0.15) is 11.4 Å². The number of imidazole rings is 1. The number of hydrogen-bond acceptors (Lipinski definition) is 4. The largest absolute Gasteiger partial charge is 0.327 e. The fourth-order valence-electron chi connectivity index (χ4n) is 3.04. The summed E-state index contributed by atoms with van der Waals surface area (Å²) in [5.74, 6) is 0.715. The number of nitrogens with one attached hydrogen (secondary N) is 1. The van der Waals surface area contributed by atoms with Gasteiger partial charge in [-0.15, -0.1) is 11.3 Å². The van der Waals surface area contributed by atoms with Gasteiger partial charge in [0, 0.05) is 6.54 Å². The fraction of sp³-hybridized carbons (Fsp3) is 0.150. The summed E-state index contributed by atoms with van der Waals surface area (Å²) in [6.07, 6.45) is 0.853. The molecule has 0 atom stereocenters. The van der Waals surface area contributed by atoms with Crippen molar-refractivity contribution in [3.05, 3.63) is 83.5 Å². The predicted octanol–water partition coefficient (Wildman–Crippen LogP) is 3.82. The molecule has 0 saturated carbocycles. The molecule has 138 valence electrons. The lowest BCUT2D eigenvalue weighted by molar-refractivity contribution is 0.576. The van der Waals surface area contributed by atoms with Gasteiger partial charge in [0.1, 0.15) is 10.0 Å². The molecule has 0 spiro atoms. The second-order valence-electron chi connectivity index (χ2n) is 6.16. The lowest BCUT2D eigenvalue weighted by Crippen LogP contribution is -2.24. The maximum atomic E-state index is 12.4. The second kappa shape index (κ2) is 7.64. The van der Waals surface area contributed by atoms with Gasteiger partial charge in [-0.1, -0.05) is 48.5 Å². The van der Waals surface area contributed by atoms with Gasteiger partial charge in [-0.05, 0) is 35.6 Å². The van der Waals surface area contributed by atoms with Crippen molar-refractivity contribution in [3.8, 4) is 0 Å². The van der Waals surface area contributed by atoms with Crippen molar-refractivity contribution in [3.63, 3.8) is 0 Å². The van der Waals surface area contributed by atoms with Gasteiger partial charge in [-0.2, -0.15) is 0 Å². The summed E-state index contributed by atoms with van der Waals surface area (Å²) in [6.45, 7) is 0.893. The molecule has 0 amide bonds. The van der Waals surface area contributed by atoms with Crippen molar-refractivity contribution in [2.24, 2.45) is 0 Å². The summed E-state index contributed by atoms with van der Waals surface area (Å²) in [5.41, 5.74) is 3.12. The van der Waals surface area contributed by atoms with E-state index in [9.17, 15) is 8.42 Å². The molecule has 0 aliphatic heterocycles. The van der Waals surface area contributed by atoms with Gasteiger partial charge in [0.15, 0.2) is 0 Å². The molecule has 0 unspecified atom stereocenters. The number of rotatable bonds is 7. The Balaban J connectivity index is 1.60. The van der Waals surface area contributed by atoms with Crippen LogP contribution in [0.3, 0.4) is 0 Å². The summed E-state index contributed by atoms with van der Waals surface area (Å²) in [6, 6.07) is 21.5. The third-order valence-corrected chi connectivity index (χ3v) is 7.18. The number of benzene rings is 2. The van der Waals surface area contributed by atoms with Crippen molar-refractivity contribution in [2.45, 2.75) is 23.7 Å². The van der Waals surface area contributed by atoms with E-state index in [1.54, 1.807) is 17.5 Å². The number of aryl methyl sites for hydroxylation is 2. The number of aromatic nitrogens is 2. The first kappa shape index (κ1) is 17.9. The Morgan fingerprint density at radius 3 is 2.52 bits per heavy atom. The van der Waals surface area contributed by atoms with Crippen molar-refractivity contribution in [1.29, 1.82) is 0 Å². The third kappa shape index (κ3) is 3.95. The van der Waals surface area contributed by atoms with Crippen LogP contribution in [0.25, 0.3) is 11.0 Å². The van der Waals surface area contributed by atoms with Crippen LogP contribution in [-0.2, 0) is 29.5 Å². The van der Waals surface area contributed by atoms with Gasteiger partial charge in [0.25, 0.3) is 0 Å². The lowest BCUT2D eigenvalue weighted by Gasteiger charge is -2.10. The highest BCUT2D eigenvalue weighted by molar-refractivity contribution is 7.91. The molecule has 27 heavy (non-hydrogen) atoms.